The maximum absolute atomic E-state index is 12.0. The van der Waals surface area contributed by atoms with Gasteiger partial charge >= 0.3 is 0 Å². The number of nitrogens with zero attached hydrogens (tertiary/aromatic N) is 1. The smallest absolute Gasteiger partial charge is 0.271 e. The van der Waals surface area contributed by atoms with E-state index in [-0.39, 0.29) is 23.4 Å². The van der Waals surface area contributed by atoms with E-state index in [9.17, 15) is 24.1 Å². The van der Waals surface area contributed by atoms with Crippen molar-refractivity contribution in [1.29, 1.82) is 0 Å². The molecule has 1 N–H and O–H groups in total. The predicted molar refractivity (Wildman–Crippen MR) is 79.0 cm³/mol. The van der Waals surface area contributed by atoms with Crippen LogP contribution in [0.3, 0.4) is 0 Å². The van der Waals surface area contributed by atoms with E-state index in [1.807, 2.05) is 5.92 Å². The molecule has 0 bridgehead atoms. The molecule has 1 unspecified atom stereocenters. The lowest BCUT2D eigenvalue weighted by Crippen LogP contribution is -2.14. The summed E-state index contributed by atoms with van der Waals surface area (Å²) in [7, 11) is 2.37. The monoisotopic (exact) mass is 310 g/mol. The minimum Gasteiger partial charge on any atom is -0.325 e. The number of carbonyl (C=O) groups is 2. The average Bonchev–Trinajstić information content (AvgIpc) is 2.44. The van der Waals surface area contributed by atoms with Gasteiger partial charge in [0.15, 0.2) is 6.67 Å². The molecule has 0 spiro atoms. The number of benzene rings is 1. The summed E-state index contributed by atoms with van der Waals surface area (Å²) >= 11 is 0. The van der Waals surface area contributed by atoms with Crippen LogP contribution < -0.4 is 5.32 Å². The lowest BCUT2D eigenvalue weighted by Gasteiger charge is -2.08. The van der Waals surface area contributed by atoms with Gasteiger partial charge in [0.1, 0.15) is 0 Å². The number of amides is 1. The largest absolute Gasteiger partial charge is 0.325 e. The summed E-state index contributed by atoms with van der Waals surface area (Å²) in [6.07, 6.45) is 0.683. The third-order valence-electron chi connectivity index (χ3n) is 2.37. The molecule has 8 heteroatoms. The highest BCUT2D eigenvalue weighted by molar-refractivity contribution is 7.16. The molecular formula is C13H12FN2O4P. The number of nitro groups is 1. The highest BCUT2D eigenvalue weighted by Gasteiger charge is 2.16. The van der Waals surface area contributed by atoms with E-state index in [1.54, 1.807) is 0 Å². The second kappa shape index (κ2) is 8.08. The molecular weight excluding hydrogens is 298 g/mol. The molecule has 0 radical (unpaired) electrons. The summed E-state index contributed by atoms with van der Waals surface area (Å²) in [6.45, 7) is -0.979. The highest BCUT2D eigenvalue weighted by atomic mass is 31.0. The van der Waals surface area contributed by atoms with Gasteiger partial charge in [0, 0.05) is 18.6 Å². The van der Waals surface area contributed by atoms with Crippen LogP contribution in [0.4, 0.5) is 15.8 Å². The van der Waals surface area contributed by atoms with E-state index in [2.05, 4.69) is 20.5 Å². The van der Waals surface area contributed by atoms with Crippen molar-refractivity contribution in [3.8, 4) is 11.8 Å². The Hall–Kier alpha value is -2.32. The van der Waals surface area contributed by atoms with Gasteiger partial charge in [0.25, 0.3) is 5.69 Å². The van der Waals surface area contributed by atoms with Crippen LogP contribution in [0.1, 0.15) is 16.8 Å². The van der Waals surface area contributed by atoms with Crippen LogP contribution >= 0.6 is 9.24 Å². The van der Waals surface area contributed by atoms with Gasteiger partial charge in [-0.15, -0.1) is 9.24 Å². The summed E-state index contributed by atoms with van der Waals surface area (Å²) in [5, 5.41) is 13.2. The Balaban J connectivity index is 3.19. The van der Waals surface area contributed by atoms with Crippen LogP contribution in [0.2, 0.25) is 0 Å². The minimum atomic E-state index is -0.979. The fourth-order valence-electron chi connectivity index (χ4n) is 1.47. The second-order valence-electron chi connectivity index (χ2n) is 3.84. The van der Waals surface area contributed by atoms with Gasteiger partial charge in [-0.3, -0.25) is 19.7 Å². The molecule has 0 heterocycles. The topological polar surface area (TPSA) is 89.3 Å². The Morgan fingerprint density at radius 2 is 2.14 bits per heavy atom. The van der Waals surface area contributed by atoms with E-state index in [0.717, 1.165) is 12.1 Å². The van der Waals surface area contributed by atoms with Gasteiger partial charge < -0.3 is 5.32 Å². The summed E-state index contributed by atoms with van der Waals surface area (Å²) in [5.74, 6) is 2.92. The Morgan fingerprint density at radius 1 is 1.43 bits per heavy atom. The molecule has 0 aliphatic rings. The Kier molecular flexibility index (Phi) is 6.44. The van der Waals surface area contributed by atoms with Crippen molar-refractivity contribution in [2.75, 3.05) is 18.2 Å². The molecule has 0 aliphatic carbocycles. The van der Waals surface area contributed by atoms with Crippen LogP contribution in [-0.2, 0) is 4.79 Å². The fraction of sp³-hybridized carbons (Fsp3) is 0.231. The maximum atomic E-state index is 12.0. The number of alkyl halides is 1. The van der Waals surface area contributed by atoms with Gasteiger partial charge in [-0.2, -0.15) is 0 Å². The molecule has 0 fully saturated rings. The summed E-state index contributed by atoms with van der Waals surface area (Å²) in [6, 6.07) is 3.38. The third-order valence-corrected chi connectivity index (χ3v) is 2.66. The zero-order valence-corrected chi connectivity index (χ0v) is 12.0. The molecule has 110 valence electrons. The number of hydrogen-bond donors (Lipinski definition) is 1. The third kappa shape index (κ3) is 4.93. The van der Waals surface area contributed by atoms with Gasteiger partial charge in [0.05, 0.1) is 16.2 Å². The molecule has 0 aromatic heterocycles. The first-order chi connectivity index (χ1) is 9.99. The quantitative estimate of drug-likeness (QED) is 0.225. The first kappa shape index (κ1) is 16.7. The molecule has 0 saturated heterocycles. The Labute approximate surface area is 122 Å². The number of nitrogens with one attached hydrogen (secondary N) is 1. The standard InChI is InChI=1S/C13H12FN2O4P/c14-6-1-2-12(17)10-4-3-9(16(19)20)8-11(10)15-13(18)5-7-21/h3-4,8H,5-7,21H2,(H,15,18). The van der Waals surface area contributed by atoms with Gasteiger partial charge in [-0.1, -0.05) is 5.92 Å². The van der Waals surface area contributed by atoms with Gasteiger partial charge in [-0.05, 0) is 18.1 Å². The van der Waals surface area contributed by atoms with Gasteiger partial charge in [0.2, 0.25) is 11.7 Å². The number of ketones is 1. The minimum absolute atomic E-state index is 0.00851. The molecule has 1 amide bonds. The molecule has 1 aromatic rings. The van der Waals surface area contributed by atoms with Crippen LogP contribution in [0, 0.1) is 22.0 Å². The molecule has 1 atom stereocenters. The van der Waals surface area contributed by atoms with Crippen molar-refractivity contribution in [3.63, 3.8) is 0 Å². The lowest BCUT2D eigenvalue weighted by atomic mass is 10.1. The van der Waals surface area contributed by atoms with Gasteiger partial charge in [-0.25, -0.2) is 4.39 Å². The molecule has 0 saturated carbocycles. The first-order valence-electron chi connectivity index (χ1n) is 5.87. The SMILES string of the molecule is O=C(CCP)Nc1cc([N+](=O)[O-])ccc1C(=O)C#CCF. The number of nitro benzene ring substituents is 1. The molecule has 1 rings (SSSR count). The van der Waals surface area contributed by atoms with Crippen molar-refractivity contribution in [2.45, 2.75) is 6.42 Å². The molecule has 0 aliphatic heterocycles. The number of halogens is 1. The average molecular weight is 310 g/mol. The zero-order chi connectivity index (χ0) is 15.8. The normalized spacial score (nSPS) is 9.43. The van der Waals surface area contributed by atoms with Crippen molar-refractivity contribution in [2.24, 2.45) is 0 Å². The summed E-state index contributed by atoms with van der Waals surface area (Å²) in [5.41, 5.74) is -0.296. The molecule has 6 nitrogen and oxygen atoms in total. The van der Waals surface area contributed by atoms with Crippen LogP contribution in [-0.4, -0.2) is 29.5 Å². The Morgan fingerprint density at radius 3 is 2.71 bits per heavy atom. The summed E-state index contributed by atoms with van der Waals surface area (Å²) < 4.78 is 12.0. The van der Waals surface area contributed by atoms with Crippen LogP contribution in [0.15, 0.2) is 18.2 Å². The lowest BCUT2D eigenvalue weighted by molar-refractivity contribution is -0.384. The summed E-state index contributed by atoms with van der Waals surface area (Å²) in [4.78, 5) is 33.5. The predicted octanol–water partition coefficient (Wildman–Crippen LogP) is 1.95. The van der Waals surface area contributed by atoms with Crippen molar-refractivity contribution in [1.82, 2.24) is 0 Å². The number of carbonyl (C=O) groups excluding carboxylic acids is 2. The highest BCUT2D eigenvalue weighted by Crippen LogP contribution is 2.23. The van der Waals surface area contributed by atoms with E-state index >= 15 is 0 Å². The number of Topliss-reactive ketones (excluding diaryl/α,β-unsaturated/α-hetero) is 1. The van der Waals surface area contributed by atoms with E-state index in [1.165, 1.54) is 6.07 Å². The van der Waals surface area contributed by atoms with Crippen LogP contribution in [0.5, 0.6) is 0 Å². The van der Waals surface area contributed by atoms with Crippen molar-refractivity contribution >= 4 is 32.3 Å². The van der Waals surface area contributed by atoms with Crippen molar-refractivity contribution < 1.29 is 18.9 Å². The number of anilines is 1. The van der Waals surface area contributed by atoms with Crippen LogP contribution in [0.25, 0.3) is 0 Å². The molecule has 21 heavy (non-hydrogen) atoms. The van der Waals surface area contributed by atoms with E-state index in [0.29, 0.717) is 6.16 Å². The second-order valence-corrected chi connectivity index (χ2v) is 4.42. The van der Waals surface area contributed by atoms with E-state index in [4.69, 9.17) is 0 Å². The molecule has 1 aromatic carbocycles. The fourth-order valence-corrected chi connectivity index (χ4v) is 1.73. The maximum Gasteiger partial charge on any atom is 0.271 e. The number of rotatable bonds is 5. The number of hydrogen-bond acceptors (Lipinski definition) is 4. The zero-order valence-electron chi connectivity index (χ0n) is 10.9. The van der Waals surface area contributed by atoms with E-state index < -0.39 is 23.3 Å². The number of non-ortho nitro benzene ring substituents is 1. The first-order valence-corrected chi connectivity index (χ1v) is 6.68. The Bertz CT molecular complexity index is 637. The van der Waals surface area contributed by atoms with Crippen molar-refractivity contribution in [3.05, 3.63) is 33.9 Å².